The van der Waals surface area contributed by atoms with Gasteiger partial charge in [-0.05, 0) is 6.42 Å². The maximum absolute atomic E-state index is 13.2. The third-order valence-electron chi connectivity index (χ3n) is 7.52. The van der Waals surface area contributed by atoms with Crippen LogP contribution in [0.25, 0.3) is 22.3 Å². The van der Waals surface area contributed by atoms with Crippen LogP contribution >= 0.6 is 15.6 Å². The Labute approximate surface area is 249 Å². The van der Waals surface area contributed by atoms with Crippen molar-refractivity contribution in [3.8, 4) is 0 Å². The van der Waals surface area contributed by atoms with Crippen LogP contribution in [0.1, 0.15) is 18.7 Å². The number of nitrogens with zero attached hydrogens (tertiary/aromatic N) is 7. The van der Waals surface area contributed by atoms with E-state index in [1.807, 2.05) is 0 Å². The summed E-state index contributed by atoms with van der Waals surface area (Å²) in [6, 6.07) is -1.01. The van der Waals surface area contributed by atoms with E-state index in [2.05, 4.69) is 29.9 Å². The number of imidazole rings is 2. The zero-order chi connectivity index (χ0) is 31.8. The van der Waals surface area contributed by atoms with Gasteiger partial charge in [0.25, 0.3) is 5.56 Å². The van der Waals surface area contributed by atoms with E-state index in [4.69, 9.17) is 34.3 Å². The Kier molecular flexibility index (Phi) is 6.96. The molecule has 0 aromatic carbocycles. The Balaban J connectivity index is 1.22. The SMILES string of the molecule is Nc1ncc2ncn([C@@H]3OC4=C(OP(=O)(O)OC[C@H]5C[C@@H](n6cnc7c(=O)[nH]c(N)nc76)C(OP(=O)(O)OC4)C5O)C3O)c2n1. The summed E-state index contributed by atoms with van der Waals surface area (Å²) >= 11 is 0. The molecule has 4 aromatic rings. The first-order chi connectivity index (χ1) is 21.3. The number of hydrogen-bond donors (Lipinski definition) is 7. The maximum atomic E-state index is 13.2. The lowest BCUT2D eigenvalue weighted by Gasteiger charge is -2.26. The van der Waals surface area contributed by atoms with E-state index in [-0.39, 0.29) is 40.6 Å². The molecule has 9 N–H and O–H groups in total. The summed E-state index contributed by atoms with van der Waals surface area (Å²) < 4.78 is 55.5. The molecule has 0 radical (unpaired) electrons. The van der Waals surface area contributed by atoms with Crippen molar-refractivity contribution in [3.05, 3.63) is 40.7 Å². The van der Waals surface area contributed by atoms with Gasteiger partial charge >= 0.3 is 15.6 Å². The number of aromatic nitrogens is 8. The number of ether oxygens (including phenoxy) is 1. The second-order valence-corrected chi connectivity index (χ2v) is 13.1. The van der Waals surface area contributed by atoms with E-state index >= 15 is 0 Å². The molecule has 5 unspecified atom stereocenters. The minimum absolute atomic E-state index is 0.0113. The number of nitrogens with one attached hydrogen (secondary N) is 1. The summed E-state index contributed by atoms with van der Waals surface area (Å²) in [6.07, 6.45) is -2.59. The number of anilines is 2. The Morgan fingerprint density at radius 3 is 2.58 bits per heavy atom. The second kappa shape index (κ2) is 10.5. The fourth-order valence-corrected chi connectivity index (χ4v) is 7.31. The number of fused-ring (bicyclic) bond motifs is 4. The number of aliphatic hydroxyl groups excluding tert-OH is 2. The molecule has 22 nitrogen and oxygen atoms in total. The summed E-state index contributed by atoms with van der Waals surface area (Å²) in [6.45, 7) is -1.53. The molecule has 6 heterocycles. The average molecular weight is 670 g/mol. The van der Waals surface area contributed by atoms with Gasteiger partial charge in [0.1, 0.15) is 24.6 Å². The van der Waals surface area contributed by atoms with E-state index in [0.717, 1.165) is 0 Å². The number of aliphatic hydroxyl groups is 2. The molecule has 2 aliphatic heterocycles. The molecular formula is C21H24N10O12P2. The van der Waals surface area contributed by atoms with Crippen molar-refractivity contribution >= 4 is 49.9 Å². The minimum Gasteiger partial charge on any atom is -0.465 e. The highest BCUT2D eigenvalue weighted by molar-refractivity contribution is 7.47. The van der Waals surface area contributed by atoms with Gasteiger partial charge < -0.3 is 40.4 Å². The molecule has 1 saturated carbocycles. The largest absolute Gasteiger partial charge is 0.527 e. The number of rotatable bonds is 2. The predicted molar refractivity (Wildman–Crippen MR) is 146 cm³/mol. The summed E-state index contributed by atoms with van der Waals surface area (Å²) in [5.41, 5.74) is 11.0. The van der Waals surface area contributed by atoms with Crippen LogP contribution < -0.4 is 17.0 Å². The standard InChI is InChI=1S/C21H24N10O12P2/c22-20-24-2-8-16(27-20)31(5-25-8)19-13(33)15-10(41-19)4-40-45(37,38)42-14-9(1-7(12(14)32)3-39-44(35,36)43-15)30-6-26-11-17(30)28-21(23)29-18(11)34/h2,5-7,9,12-14,19,32-33H,1,3-4H2,(H,35,36)(H,37,38)(H2,22,24,27)(H3,23,28,29,34)/t7-,9-,12?,13?,14?,19-/m1/s1. The van der Waals surface area contributed by atoms with Crippen LogP contribution in [0.2, 0.25) is 0 Å². The van der Waals surface area contributed by atoms with Gasteiger partial charge in [0, 0.05) is 5.92 Å². The lowest BCUT2D eigenvalue weighted by Crippen LogP contribution is -2.33. The Morgan fingerprint density at radius 2 is 1.78 bits per heavy atom. The van der Waals surface area contributed by atoms with E-state index in [1.165, 1.54) is 28.0 Å². The molecule has 240 valence electrons. The number of nitrogen functional groups attached to an aromatic ring is 2. The maximum Gasteiger partial charge on any atom is 0.527 e. The van der Waals surface area contributed by atoms with Crippen molar-refractivity contribution < 1.29 is 52.0 Å². The smallest absolute Gasteiger partial charge is 0.465 e. The van der Waals surface area contributed by atoms with E-state index in [9.17, 15) is 33.9 Å². The van der Waals surface area contributed by atoms with Gasteiger partial charge in [-0.25, -0.2) is 24.1 Å². The van der Waals surface area contributed by atoms with Crippen LogP contribution in [0.5, 0.6) is 0 Å². The van der Waals surface area contributed by atoms with Gasteiger partial charge in [0.2, 0.25) is 18.1 Å². The van der Waals surface area contributed by atoms with Gasteiger partial charge in [-0.3, -0.25) is 32.8 Å². The fourth-order valence-electron chi connectivity index (χ4n) is 5.51. The lowest BCUT2D eigenvalue weighted by molar-refractivity contribution is -0.0237. The normalized spacial score (nSPS) is 34.1. The highest BCUT2D eigenvalue weighted by Crippen LogP contribution is 2.55. The van der Waals surface area contributed by atoms with Crippen molar-refractivity contribution in [2.75, 3.05) is 24.7 Å². The predicted octanol–water partition coefficient (Wildman–Crippen LogP) is -1.20. The van der Waals surface area contributed by atoms with Crippen molar-refractivity contribution in [2.45, 2.75) is 37.0 Å². The number of H-pyrrole nitrogens is 1. The van der Waals surface area contributed by atoms with Crippen molar-refractivity contribution in [1.82, 2.24) is 39.0 Å². The fraction of sp³-hybridized carbons (Fsp3) is 0.429. The molecule has 1 aliphatic carbocycles. The monoisotopic (exact) mass is 670 g/mol. The van der Waals surface area contributed by atoms with E-state index < -0.39 is 82.4 Å². The van der Waals surface area contributed by atoms with Crippen molar-refractivity contribution in [2.24, 2.45) is 5.92 Å². The first-order valence-electron chi connectivity index (χ1n) is 13.1. The molecule has 4 aromatic heterocycles. The van der Waals surface area contributed by atoms with Crippen molar-refractivity contribution in [3.63, 3.8) is 0 Å². The highest BCUT2D eigenvalue weighted by Gasteiger charge is 2.50. The van der Waals surface area contributed by atoms with Gasteiger partial charge in [-0.2, -0.15) is 9.97 Å². The molecule has 1 fully saturated rings. The second-order valence-electron chi connectivity index (χ2n) is 10.3. The molecular weight excluding hydrogens is 646 g/mol. The number of phosphoric acid groups is 2. The minimum atomic E-state index is -5.07. The molecule has 8 atom stereocenters. The number of aromatic amines is 1. The quantitative estimate of drug-likeness (QED) is 0.123. The van der Waals surface area contributed by atoms with E-state index in [0.29, 0.717) is 0 Å². The van der Waals surface area contributed by atoms with E-state index in [1.54, 1.807) is 0 Å². The zero-order valence-corrected chi connectivity index (χ0v) is 24.3. The third-order valence-corrected chi connectivity index (χ3v) is 9.38. The van der Waals surface area contributed by atoms with Crippen LogP contribution in [0.3, 0.4) is 0 Å². The van der Waals surface area contributed by atoms with Crippen LogP contribution in [-0.2, 0) is 32.0 Å². The highest BCUT2D eigenvalue weighted by atomic mass is 31.2. The number of hydrogen-bond acceptors (Lipinski definition) is 17. The van der Waals surface area contributed by atoms with Gasteiger partial charge in [-0.1, -0.05) is 0 Å². The van der Waals surface area contributed by atoms with Crippen LogP contribution in [-0.4, -0.2) is 90.6 Å². The first-order valence-corrected chi connectivity index (χ1v) is 16.1. The Morgan fingerprint density at radius 1 is 1.00 bits per heavy atom. The molecule has 0 spiro atoms. The summed E-state index contributed by atoms with van der Waals surface area (Å²) in [7, 11) is -10.1. The lowest BCUT2D eigenvalue weighted by atomic mass is 10.1. The summed E-state index contributed by atoms with van der Waals surface area (Å²) in [5.74, 6) is -2.45. The molecule has 0 amide bonds. The molecule has 7 rings (SSSR count). The summed E-state index contributed by atoms with van der Waals surface area (Å²) in [5, 5.41) is 22.2. The topological polar surface area (TPSA) is 320 Å². The number of nitrogens with two attached hydrogens (primary N) is 2. The third kappa shape index (κ3) is 5.25. The molecule has 24 heteroatoms. The van der Waals surface area contributed by atoms with Gasteiger partial charge in [-0.15, -0.1) is 0 Å². The van der Waals surface area contributed by atoms with Gasteiger partial charge in [0.05, 0.1) is 31.3 Å². The van der Waals surface area contributed by atoms with Gasteiger partial charge in [0.15, 0.2) is 34.4 Å². The molecule has 0 saturated heterocycles. The summed E-state index contributed by atoms with van der Waals surface area (Å²) in [4.78, 5) is 56.0. The van der Waals surface area contributed by atoms with Crippen LogP contribution in [0, 0.1) is 5.92 Å². The average Bonchev–Trinajstić information content (AvgIpc) is 3.72. The number of phosphoric ester groups is 2. The Hall–Kier alpha value is -3.98. The van der Waals surface area contributed by atoms with Crippen molar-refractivity contribution in [1.29, 1.82) is 0 Å². The zero-order valence-electron chi connectivity index (χ0n) is 22.6. The van der Waals surface area contributed by atoms with Crippen LogP contribution in [0.15, 0.2) is 35.2 Å². The van der Waals surface area contributed by atoms with Crippen LogP contribution in [0.4, 0.5) is 11.9 Å². The Bertz CT molecular complexity index is 2010. The first kappa shape index (κ1) is 29.7. The molecule has 45 heavy (non-hydrogen) atoms. The molecule has 2 bridgehead atoms. The molecule has 3 aliphatic rings.